The fraction of sp³-hybridized carbons (Fsp3) is 0.652. The Morgan fingerprint density at radius 1 is 1.03 bits per heavy atom. The van der Waals surface area contributed by atoms with E-state index in [-0.39, 0.29) is 23.9 Å². The molecule has 2 heterocycles. The van der Waals surface area contributed by atoms with Crippen molar-refractivity contribution in [3.8, 4) is 5.75 Å². The molecule has 6 nitrogen and oxygen atoms in total. The number of hydrogen-bond acceptors (Lipinski definition) is 4. The van der Waals surface area contributed by atoms with Crippen molar-refractivity contribution in [2.24, 2.45) is 0 Å². The molecule has 0 radical (unpaired) electrons. The van der Waals surface area contributed by atoms with E-state index in [1.54, 1.807) is 4.90 Å². The molecular weight excluding hydrogens is 366 g/mol. The predicted molar refractivity (Wildman–Crippen MR) is 113 cm³/mol. The van der Waals surface area contributed by atoms with Gasteiger partial charge in [0.15, 0.2) is 0 Å². The number of likely N-dealkylation sites (tertiary alicyclic amines) is 1. The van der Waals surface area contributed by atoms with Crippen molar-refractivity contribution in [1.82, 2.24) is 10.2 Å². The molecule has 1 aromatic rings. The Hall–Kier alpha value is -2.08. The van der Waals surface area contributed by atoms with Crippen LogP contribution < -0.4 is 15.0 Å². The molecule has 1 saturated heterocycles. The molecule has 6 heteroatoms. The highest BCUT2D eigenvalue weighted by molar-refractivity contribution is 6.00. The number of piperidine rings is 1. The van der Waals surface area contributed by atoms with Crippen LogP contribution in [0.3, 0.4) is 0 Å². The number of carbonyl (C=O) groups excluding carboxylic acids is 2. The molecule has 0 unspecified atom stereocenters. The Morgan fingerprint density at radius 2 is 1.76 bits per heavy atom. The van der Waals surface area contributed by atoms with Crippen LogP contribution in [0.4, 0.5) is 5.69 Å². The summed E-state index contributed by atoms with van der Waals surface area (Å²) in [5, 5.41) is 3.19. The van der Waals surface area contributed by atoms with E-state index in [1.807, 2.05) is 24.3 Å². The second-order valence-electron chi connectivity index (χ2n) is 8.66. The number of benzene rings is 1. The van der Waals surface area contributed by atoms with E-state index in [0.717, 1.165) is 25.9 Å². The quantitative estimate of drug-likeness (QED) is 0.826. The van der Waals surface area contributed by atoms with Gasteiger partial charge in [-0.05, 0) is 50.9 Å². The van der Waals surface area contributed by atoms with Gasteiger partial charge in [0.2, 0.25) is 11.8 Å². The van der Waals surface area contributed by atoms with E-state index >= 15 is 0 Å². The van der Waals surface area contributed by atoms with E-state index in [2.05, 4.69) is 10.2 Å². The first kappa shape index (κ1) is 20.2. The number of amides is 2. The van der Waals surface area contributed by atoms with Gasteiger partial charge in [-0.3, -0.25) is 19.4 Å². The van der Waals surface area contributed by atoms with Crippen LogP contribution in [0.5, 0.6) is 5.75 Å². The number of para-hydroxylation sites is 2. The van der Waals surface area contributed by atoms with Crippen molar-refractivity contribution in [2.75, 3.05) is 37.7 Å². The van der Waals surface area contributed by atoms with Crippen molar-refractivity contribution < 1.29 is 14.3 Å². The molecule has 0 aromatic heterocycles. The Kier molecular flexibility index (Phi) is 6.38. The Morgan fingerprint density at radius 3 is 2.55 bits per heavy atom. The summed E-state index contributed by atoms with van der Waals surface area (Å²) in [5.74, 6) is 0.522. The first-order chi connectivity index (χ1) is 14.2. The molecule has 0 spiro atoms. The summed E-state index contributed by atoms with van der Waals surface area (Å²) >= 11 is 0. The molecule has 1 saturated carbocycles. The lowest BCUT2D eigenvalue weighted by Gasteiger charge is -2.48. The summed E-state index contributed by atoms with van der Waals surface area (Å²) in [7, 11) is 0. The molecule has 1 N–H and O–H groups in total. The lowest BCUT2D eigenvalue weighted by atomic mass is 9.79. The van der Waals surface area contributed by atoms with Gasteiger partial charge >= 0.3 is 0 Å². The first-order valence-corrected chi connectivity index (χ1v) is 11.2. The number of nitrogens with zero attached hydrogens (tertiary/aromatic N) is 2. The van der Waals surface area contributed by atoms with E-state index in [4.69, 9.17) is 4.74 Å². The second-order valence-corrected chi connectivity index (χ2v) is 8.66. The van der Waals surface area contributed by atoms with Gasteiger partial charge in [-0.25, -0.2) is 0 Å². The third kappa shape index (κ3) is 4.58. The number of anilines is 1. The van der Waals surface area contributed by atoms with Gasteiger partial charge in [0.1, 0.15) is 12.3 Å². The molecule has 4 rings (SSSR count). The van der Waals surface area contributed by atoms with Gasteiger partial charge in [0.05, 0.1) is 18.7 Å². The molecule has 2 amide bonds. The Bertz CT molecular complexity index is 724. The summed E-state index contributed by atoms with van der Waals surface area (Å²) in [6.07, 6.45) is 10.2. The van der Waals surface area contributed by atoms with Gasteiger partial charge < -0.3 is 10.1 Å². The van der Waals surface area contributed by atoms with Crippen LogP contribution in [-0.2, 0) is 9.59 Å². The van der Waals surface area contributed by atoms with Crippen molar-refractivity contribution in [1.29, 1.82) is 0 Å². The van der Waals surface area contributed by atoms with Gasteiger partial charge in [0, 0.05) is 12.1 Å². The van der Waals surface area contributed by atoms with Crippen LogP contribution in [0, 0.1) is 0 Å². The Balaban J connectivity index is 1.42. The summed E-state index contributed by atoms with van der Waals surface area (Å²) in [6.45, 7) is 3.38. The normalized spacial score (nSPS) is 22.3. The minimum absolute atomic E-state index is 0.0509. The third-order valence-electron chi connectivity index (χ3n) is 6.76. The highest BCUT2D eigenvalue weighted by Gasteiger charge is 2.38. The van der Waals surface area contributed by atoms with Gasteiger partial charge in [-0.2, -0.15) is 0 Å². The minimum atomic E-state index is -0.0861. The van der Waals surface area contributed by atoms with Crippen LogP contribution in [0.2, 0.25) is 0 Å². The molecule has 1 aliphatic carbocycles. The number of hydrogen-bond donors (Lipinski definition) is 1. The molecular formula is C23H33N3O3. The SMILES string of the molecule is O=C(CN1C(=O)CCOc2ccccc21)NCC1(N2CCCCC2)CCCCC1. The molecule has 2 aliphatic heterocycles. The minimum Gasteiger partial charge on any atom is -0.491 e. The first-order valence-electron chi connectivity index (χ1n) is 11.2. The average Bonchev–Trinajstić information content (AvgIpc) is 2.92. The molecule has 0 bridgehead atoms. The monoisotopic (exact) mass is 399 g/mol. The van der Waals surface area contributed by atoms with E-state index in [1.165, 1.54) is 38.5 Å². The lowest BCUT2D eigenvalue weighted by molar-refractivity contribution is -0.124. The standard InChI is InChI=1S/C23H33N3O3/c27-21(17-26-19-9-3-4-10-20(19)29-16-11-22(26)28)24-18-23(12-5-1-6-13-23)25-14-7-2-8-15-25/h3-4,9-10H,1-2,5-8,11-18H2,(H,24,27). The summed E-state index contributed by atoms with van der Waals surface area (Å²) in [4.78, 5) is 29.7. The molecule has 1 aromatic carbocycles. The zero-order valence-corrected chi connectivity index (χ0v) is 17.3. The largest absolute Gasteiger partial charge is 0.491 e. The van der Waals surface area contributed by atoms with Crippen molar-refractivity contribution in [3.63, 3.8) is 0 Å². The molecule has 158 valence electrons. The van der Waals surface area contributed by atoms with Crippen molar-refractivity contribution in [2.45, 2.75) is 63.3 Å². The maximum Gasteiger partial charge on any atom is 0.240 e. The zero-order chi connectivity index (χ0) is 20.1. The lowest BCUT2D eigenvalue weighted by Crippen LogP contribution is -2.58. The van der Waals surface area contributed by atoms with E-state index in [0.29, 0.717) is 31.0 Å². The number of fused-ring (bicyclic) bond motifs is 1. The zero-order valence-electron chi connectivity index (χ0n) is 17.3. The smallest absolute Gasteiger partial charge is 0.240 e. The summed E-state index contributed by atoms with van der Waals surface area (Å²) < 4.78 is 5.68. The molecule has 3 aliphatic rings. The number of nitrogens with one attached hydrogen (secondary N) is 1. The second kappa shape index (κ2) is 9.16. The van der Waals surface area contributed by atoms with Gasteiger partial charge in [-0.1, -0.05) is 37.8 Å². The highest BCUT2D eigenvalue weighted by atomic mass is 16.5. The van der Waals surface area contributed by atoms with Crippen LogP contribution in [-0.4, -0.2) is 55.0 Å². The topological polar surface area (TPSA) is 61.9 Å². The van der Waals surface area contributed by atoms with Gasteiger partial charge in [0.25, 0.3) is 0 Å². The van der Waals surface area contributed by atoms with Gasteiger partial charge in [-0.15, -0.1) is 0 Å². The fourth-order valence-corrected chi connectivity index (χ4v) is 5.14. The van der Waals surface area contributed by atoms with Crippen molar-refractivity contribution in [3.05, 3.63) is 24.3 Å². The van der Waals surface area contributed by atoms with Crippen LogP contribution >= 0.6 is 0 Å². The summed E-state index contributed by atoms with van der Waals surface area (Å²) in [6, 6.07) is 7.46. The molecule has 0 atom stereocenters. The number of carbonyl (C=O) groups is 2. The third-order valence-corrected chi connectivity index (χ3v) is 6.76. The number of ether oxygens (including phenoxy) is 1. The maximum atomic E-state index is 12.9. The van der Waals surface area contributed by atoms with Crippen LogP contribution in [0.25, 0.3) is 0 Å². The fourth-order valence-electron chi connectivity index (χ4n) is 5.14. The molecule has 29 heavy (non-hydrogen) atoms. The van der Waals surface area contributed by atoms with Crippen LogP contribution in [0.1, 0.15) is 57.8 Å². The Labute approximate surface area is 173 Å². The van der Waals surface area contributed by atoms with Crippen molar-refractivity contribution >= 4 is 17.5 Å². The van der Waals surface area contributed by atoms with Crippen LogP contribution in [0.15, 0.2) is 24.3 Å². The highest BCUT2D eigenvalue weighted by Crippen LogP contribution is 2.35. The maximum absolute atomic E-state index is 12.9. The summed E-state index contributed by atoms with van der Waals surface area (Å²) in [5.41, 5.74) is 0.784. The number of rotatable bonds is 5. The van der Waals surface area contributed by atoms with E-state index in [9.17, 15) is 9.59 Å². The average molecular weight is 400 g/mol. The predicted octanol–water partition coefficient (Wildman–Crippen LogP) is 3.11. The molecule has 2 fully saturated rings. The van der Waals surface area contributed by atoms with E-state index < -0.39 is 0 Å².